The molecule has 37 heavy (non-hydrogen) atoms. The van der Waals surface area contributed by atoms with Crippen molar-refractivity contribution in [3.63, 3.8) is 0 Å². The minimum Gasteiger partial charge on any atom is -0.406 e. The minimum atomic E-state index is -4.72. The first kappa shape index (κ1) is 26.5. The molecular formula is C27H30F3N5O2. The lowest BCUT2D eigenvalue weighted by atomic mass is 9.96. The Hall–Kier alpha value is -3.58. The maximum Gasteiger partial charge on any atom is 0.573 e. The smallest absolute Gasteiger partial charge is 0.406 e. The summed E-state index contributed by atoms with van der Waals surface area (Å²) in [5.41, 5.74) is 2.81. The Bertz CT molecular complexity index is 1360. The third kappa shape index (κ3) is 5.42. The molecule has 0 spiro atoms. The molecule has 7 nitrogen and oxygen atoms in total. The molecule has 3 aromatic rings. The number of alkyl halides is 3. The lowest BCUT2D eigenvalue weighted by molar-refractivity contribution is -0.274. The van der Waals surface area contributed by atoms with E-state index in [2.05, 4.69) is 45.1 Å². The van der Waals surface area contributed by atoms with Crippen LogP contribution in [0.5, 0.6) is 5.75 Å². The summed E-state index contributed by atoms with van der Waals surface area (Å²) >= 11 is 0. The van der Waals surface area contributed by atoms with E-state index in [0.717, 1.165) is 24.1 Å². The van der Waals surface area contributed by atoms with Crippen molar-refractivity contribution < 1.29 is 17.9 Å². The van der Waals surface area contributed by atoms with Gasteiger partial charge in [-0.25, -0.2) is 0 Å². The van der Waals surface area contributed by atoms with Gasteiger partial charge in [0, 0.05) is 44.3 Å². The summed E-state index contributed by atoms with van der Waals surface area (Å²) in [6.07, 6.45) is -3.12. The molecule has 0 N–H and O–H groups in total. The summed E-state index contributed by atoms with van der Waals surface area (Å²) in [5, 5.41) is 0. The van der Waals surface area contributed by atoms with E-state index in [1.54, 1.807) is 41.9 Å². The van der Waals surface area contributed by atoms with E-state index < -0.39 is 6.36 Å². The molecule has 0 bridgehead atoms. The number of hydrogen-bond acceptors (Lipinski definition) is 5. The molecule has 1 unspecified atom stereocenters. The van der Waals surface area contributed by atoms with Gasteiger partial charge < -0.3 is 19.0 Å². The molecule has 2 aromatic heterocycles. The largest absolute Gasteiger partial charge is 0.573 e. The van der Waals surface area contributed by atoms with Gasteiger partial charge in [0.2, 0.25) is 5.52 Å². The molecule has 3 heterocycles. The molecule has 3 atom stereocenters. The third-order valence-corrected chi connectivity index (χ3v) is 7.12. The SMILES string of the molecule is [C-]#[N+]c1ccc2c(n1)c(N1C[C@@H](C)N(C(CC)c3ccc(OC(F)(F)F)cc3)C[C@@H]1CC)cc(=O)n2C. The highest BCUT2D eigenvalue weighted by atomic mass is 19.4. The molecule has 0 saturated carbocycles. The highest BCUT2D eigenvalue weighted by Crippen LogP contribution is 2.36. The molecule has 1 aromatic carbocycles. The molecule has 4 rings (SSSR count). The Morgan fingerprint density at radius 2 is 1.86 bits per heavy atom. The highest BCUT2D eigenvalue weighted by molar-refractivity contribution is 5.89. The molecule has 0 aliphatic carbocycles. The molecular weight excluding hydrogens is 483 g/mol. The molecule has 10 heteroatoms. The fourth-order valence-electron chi connectivity index (χ4n) is 5.28. The average Bonchev–Trinajstić information content (AvgIpc) is 2.87. The number of benzene rings is 1. The lowest BCUT2D eigenvalue weighted by Crippen LogP contribution is -2.58. The second-order valence-electron chi connectivity index (χ2n) is 9.38. The molecule has 196 valence electrons. The van der Waals surface area contributed by atoms with Crippen molar-refractivity contribution in [3.05, 3.63) is 69.8 Å². The van der Waals surface area contributed by atoms with Crippen molar-refractivity contribution >= 4 is 22.5 Å². The first-order valence-corrected chi connectivity index (χ1v) is 12.3. The van der Waals surface area contributed by atoms with E-state index in [1.807, 2.05) is 0 Å². The van der Waals surface area contributed by atoms with Gasteiger partial charge in [0.15, 0.2) is 0 Å². The monoisotopic (exact) mass is 513 g/mol. The summed E-state index contributed by atoms with van der Waals surface area (Å²) in [5.74, 6) is 0.0374. The van der Waals surface area contributed by atoms with Crippen LogP contribution in [0, 0.1) is 6.57 Å². The maximum absolute atomic E-state index is 12.8. The topological polar surface area (TPSA) is 55.0 Å². The number of halogens is 3. The second kappa shape index (κ2) is 10.4. The fourth-order valence-corrected chi connectivity index (χ4v) is 5.28. The molecule has 1 saturated heterocycles. The molecule has 0 amide bonds. The molecule has 1 aliphatic heterocycles. The van der Waals surface area contributed by atoms with Crippen molar-refractivity contribution in [1.29, 1.82) is 0 Å². The predicted octanol–water partition coefficient (Wildman–Crippen LogP) is 5.82. The van der Waals surface area contributed by atoms with E-state index in [1.165, 1.54) is 12.1 Å². The van der Waals surface area contributed by atoms with Crippen LogP contribution in [0.25, 0.3) is 15.9 Å². The standard InChI is InChI=1S/C27H30F3N5O2/c1-6-19-16-34(21(7-2)18-8-10-20(11-9-18)37-27(28,29)30)17(3)15-35(19)23-14-25(36)33(5)22-12-13-24(31-4)32-26(22)23/h8-14,17,19,21H,6-7,15-16H2,1-3,5H3/t17-,19+,21?/m1/s1. The zero-order valence-corrected chi connectivity index (χ0v) is 21.3. The number of nitrogens with zero attached hydrogens (tertiary/aromatic N) is 5. The summed E-state index contributed by atoms with van der Waals surface area (Å²) in [7, 11) is 1.70. The minimum absolute atomic E-state index is 0.0124. The van der Waals surface area contributed by atoms with Gasteiger partial charge in [0.25, 0.3) is 11.4 Å². The second-order valence-corrected chi connectivity index (χ2v) is 9.38. The van der Waals surface area contributed by atoms with Crippen LogP contribution < -0.4 is 15.2 Å². The lowest BCUT2D eigenvalue weighted by Gasteiger charge is -2.49. The number of hydrogen-bond donors (Lipinski definition) is 0. The summed E-state index contributed by atoms with van der Waals surface area (Å²) < 4.78 is 43.3. The van der Waals surface area contributed by atoms with Gasteiger partial charge in [0.05, 0.1) is 11.2 Å². The van der Waals surface area contributed by atoms with E-state index in [4.69, 9.17) is 6.57 Å². The number of aryl methyl sites for hydroxylation is 1. The van der Waals surface area contributed by atoms with Crippen molar-refractivity contribution in [2.24, 2.45) is 7.05 Å². The Labute approximate surface area is 213 Å². The maximum atomic E-state index is 12.8. The molecule has 1 aliphatic rings. The number of rotatable bonds is 6. The van der Waals surface area contributed by atoms with Crippen molar-refractivity contribution in [2.45, 2.75) is 58.1 Å². The van der Waals surface area contributed by atoms with E-state index >= 15 is 0 Å². The number of ether oxygens (including phenoxy) is 1. The normalized spacial score (nSPS) is 19.6. The van der Waals surface area contributed by atoms with E-state index in [0.29, 0.717) is 24.1 Å². The van der Waals surface area contributed by atoms with Gasteiger partial charge >= 0.3 is 6.36 Å². The van der Waals surface area contributed by atoms with Crippen LogP contribution in [-0.4, -0.2) is 46.0 Å². The van der Waals surface area contributed by atoms with Crippen molar-refractivity contribution in [2.75, 3.05) is 18.0 Å². The van der Waals surface area contributed by atoms with Crippen LogP contribution in [0.3, 0.4) is 0 Å². The van der Waals surface area contributed by atoms with Crippen LogP contribution in [0.4, 0.5) is 24.7 Å². The fraction of sp³-hybridized carbons (Fsp3) is 0.444. The van der Waals surface area contributed by atoms with Crippen molar-refractivity contribution in [3.8, 4) is 5.75 Å². The zero-order valence-electron chi connectivity index (χ0n) is 21.3. The third-order valence-electron chi connectivity index (χ3n) is 7.12. The van der Waals surface area contributed by atoms with Gasteiger partial charge in [-0.2, -0.15) is 0 Å². The number of piperazine rings is 1. The van der Waals surface area contributed by atoms with Gasteiger partial charge in [-0.1, -0.05) is 32.6 Å². The Morgan fingerprint density at radius 3 is 2.46 bits per heavy atom. The predicted molar refractivity (Wildman–Crippen MR) is 137 cm³/mol. The summed E-state index contributed by atoms with van der Waals surface area (Å²) in [6.45, 7) is 15.0. The Balaban J connectivity index is 1.66. The number of fused-ring (bicyclic) bond motifs is 1. The van der Waals surface area contributed by atoms with Crippen LogP contribution in [0.15, 0.2) is 47.3 Å². The molecule has 0 radical (unpaired) electrons. The zero-order chi connectivity index (χ0) is 26.9. The van der Waals surface area contributed by atoms with Gasteiger partial charge in [0.1, 0.15) is 5.75 Å². The number of aromatic nitrogens is 2. The van der Waals surface area contributed by atoms with Crippen molar-refractivity contribution in [1.82, 2.24) is 14.5 Å². The van der Waals surface area contributed by atoms with Crippen LogP contribution >= 0.6 is 0 Å². The summed E-state index contributed by atoms with van der Waals surface area (Å²) in [6, 6.07) is 11.3. The Morgan fingerprint density at radius 1 is 1.16 bits per heavy atom. The van der Waals surface area contributed by atoms with Crippen LogP contribution in [0.1, 0.15) is 45.2 Å². The van der Waals surface area contributed by atoms with Crippen LogP contribution in [-0.2, 0) is 7.05 Å². The van der Waals surface area contributed by atoms with Gasteiger partial charge in [-0.05, 0) is 49.6 Å². The first-order valence-electron chi connectivity index (χ1n) is 12.3. The first-order chi connectivity index (χ1) is 17.6. The van der Waals surface area contributed by atoms with E-state index in [-0.39, 0.29) is 35.3 Å². The molecule has 1 fully saturated rings. The summed E-state index contributed by atoms with van der Waals surface area (Å²) in [4.78, 5) is 25.4. The van der Waals surface area contributed by atoms with Gasteiger partial charge in [-0.15, -0.1) is 18.2 Å². The quantitative estimate of drug-likeness (QED) is 0.389. The Kier molecular flexibility index (Phi) is 7.46. The van der Waals surface area contributed by atoms with E-state index in [9.17, 15) is 18.0 Å². The number of anilines is 1. The highest BCUT2D eigenvalue weighted by Gasteiger charge is 2.36. The van der Waals surface area contributed by atoms with Crippen LogP contribution in [0.2, 0.25) is 0 Å². The number of pyridine rings is 2. The average molecular weight is 514 g/mol. The van der Waals surface area contributed by atoms with Gasteiger partial charge in [-0.3, -0.25) is 9.69 Å².